The molecule has 0 unspecified atom stereocenters. The van der Waals surface area contributed by atoms with Crippen LogP contribution in [0.15, 0.2) is 35.1 Å². The highest BCUT2D eigenvalue weighted by Crippen LogP contribution is 2.33. The number of rotatable bonds is 4. The summed E-state index contributed by atoms with van der Waals surface area (Å²) in [5.74, 6) is -0.0931. The molecule has 0 fully saturated rings. The number of ether oxygens (including phenoxy) is 1. The number of amides is 1. The van der Waals surface area contributed by atoms with Gasteiger partial charge in [0.15, 0.2) is 5.75 Å². The van der Waals surface area contributed by atoms with Crippen molar-refractivity contribution >= 4 is 29.1 Å². The van der Waals surface area contributed by atoms with E-state index < -0.39 is 0 Å². The molecule has 4 nitrogen and oxygen atoms in total. The Morgan fingerprint density at radius 1 is 1.32 bits per heavy atom. The van der Waals surface area contributed by atoms with E-state index >= 15 is 0 Å². The van der Waals surface area contributed by atoms with Gasteiger partial charge in [-0.05, 0) is 18.2 Å². The Morgan fingerprint density at radius 2 is 2.05 bits per heavy atom. The first-order valence-corrected chi connectivity index (χ1v) is 6.20. The quantitative estimate of drug-likeness (QED) is 0.939. The van der Waals surface area contributed by atoms with Gasteiger partial charge in [-0.1, -0.05) is 23.2 Å². The number of carbonyl (C=O) groups excluding carboxylic acids is 1. The van der Waals surface area contributed by atoms with Crippen molar-refractivity contribution in [3.63, 3.8) is 0 Å². The summed E-state index contributed by atoms with van der Waals surface area (Å²) in [5, 5.41) is 3.34. The van der Waals surface area contributed by atoms with Gasteiger partial charge < -0.3 is 14.5 Å². The third-order valence-corrected chi connectivity index (χ3v) is 3.14. The molecule has 0 aliphatic carbocycles. The van der Waals surface area contributed by atoms with E-state index in [9.17, 15) is 4.79 Å². The van der Waals surface area contributed by atoms with E-state index in [2.05, 4.69) is 5.32 Å². The highest BCUT2D eigenvalue weighted by Gasteiger charge is 2.19. The smallest absolute Gasteiger partial charge is 0.256 e. The van der Waals surface area contributed by atoms with Crippen LogP contribution in [0.25, 0.3) is 0 Å². The average molecular weight is 300 g/mol. The highest BCUT2D eigenvalue weighted by atomic mass is 35.5. The maximum absolute atomic E-state index is 12.1. The number of nitrogens with one attached hydrogen (secondary N) is 1. The molecule has 1 heterocycles. The summed E-state index contributed by atoms with van der Waals surface area (Å²) in [6, 6.07) is 4.89. The van der Waals surface area contributed by atoms with E-state index in [-0.39, 0.29) is 22.2 Å². The molecular formula is C13H11Cl2NO3. The predicted molar refractivity (Wildman–Crippen MR) is 72.9 cm³/mol. The molecule has 2 rings (SSSR count). The molecule has 0 spiro atoms. The zero-order valence-electron chi connectivity index (χ0n) is 10.1. The minimum absolute atomic E-state index is 0.222. The number of methoxy groups -OCH3 is 1. The van der Waals surface area contributed by atoms with Crippen molar-refractivity contribution in [2.75, 3.05) is 7.11 Å². The van der Waals surface area contributed by atoms with Crippen molar-refractivity contribution in [2.24, 2.45) is 0 Å². The SMILES string of the molecule is COc1c(Cl)ccc(Cl)c1C(=O)NCc1ccoc1. The van der Waals surface area contributed by atoms with E-state index in [0.29, 0.717) is 11.6 Å². The Balaban J connectivity index is 2.21. The molecule has 1 aromatic carbocycles. The highest BCUT2D eigenvalue weighted by molar-refractivity contribution is 6.37. The van der Waals surface area contributed by atoms with Gasteiger partial charge >= 0.3 is 0 Å². The Morgan fingerprint density at radius 3 is 2.68 bits per heavy atom. The normalized spacial score (nSPS) is 10.3. The number of benzene rings is 1. The summed E-state index contributed by atoms with van der Waals surface area (Å²) in [5.41, 5.74) is 1.07. The average Bonchev–Trinajstić information content (AvgIpc) is 2.91. The third kappa shape index (κ3) is 3.03. The van der Waals surface area contributed by atoms with Gasteiger partial charge in [0.1, 0.15) is 5.56 Å². The van der Waals surface area contributed by atoms with Crippen LogP contribution in [0, 0.1) is 0 Å². The number of halogens is 2. The van der Waals surface area contributed by atoms with Crippen LogP contribution in [0.1, 0.15) is 15.9 Å². The molecule has 100 valence electrons. The number of hydrogen-bond donors (Lipinski definition) is 1. The lowest BCUT2D eigenvalue weighted by Crippen LogP contribution is -2.23. The number of hydrogen-bond acceptors (Lipinski definition) is 3. The third-order valence-electron chi connectivity index (χ3n) is 2.52. The van der Waals surface area contributed by atoms with Crippen LogP contribution in [0.3, 0.4) is 0 Å². The summed E-state index contributed by atoms with van der Waals surface area (Å²) in [7, 11) is 1.43. The molecule has 2 aromatic rings. The van der Waals surface area contributed by atoms with E-state index in [1.165, 1.54) is 13.4 Å². The molecule has 1 amide bonds. The summed E-state index contributed by atoms with van der Waals surface area (Å²) >= 11 is 12.0. The van der Waals surface area contributed by atoms with Crippen LogP contribution < -0.4 is 10.1 Å². The second-order valence-corrected chi connectivity index (χ2v) is 4.57. The minimum Gasteiger partial charge on any atom is -0.494 e. The molecule has 1 N–H and O–H groups in total. The van der Waals surface area contributed by atoms with Gasteiger partial charge in [0, 0.05) is 12.1 Å². The standard InChI is InChI=1S/C13H11Cl2NO3/c1-18-12-10(15)3-2-9(14)11(12)13(17)16-6-8-4-5-19-7-8/h2-5,7H,6H2,1H3,(H,16,17). The zero-order chi connectivity index (χ0) is 13.8. The van der Waals surface area contributed by atoms with Crippen LogP contribution in [0.5, 0.6) is 5.75 Å². The molecule has 1 aromatic heterocycles. The van der Waals surface area contributed by atoms with Crippen molar-refractivity contribution in [3.8, 4) is 5.75 Å². The first-order valence-electron chi connectivity index (χ1n) is 5.44. The van der Waals surface area contributed by atoms with Gasteiger partial charge in [0.05, 0.1) is 29.7 Å². The zero-order valence-corrected chi connectivity index (χ0v) is 11.6. The van der Waals surface area contributed by atoms with Gasteiger partial charge in [-0.3, -0.25) is 4.79 Å². The first kappa shape index (κ1) is 13.8. The van der Waals surface area contributed by atoms with Crippen molar-refractivity contribution in [3.05, 3.63) is 51.9 Å². The van der Waals surface area contributed by atoms with Crippen molar-refractivity contribution < 1.29 is 13.9 Å². The van der Waals surface area contributed by atoms with E-state index in [1.54, 1.807) is 24.5 Å². The van der Waals surface area contributed by atoms with Gasteiger partial charge in [-0.25, -0.2) is 0 Å². The lowest BCUT2D eigenvalue weighted by atomic mass is 10.1. The van der Waals surface area contributed by atoms with Crippen molar-refractivity contribution in [1.82, 2.24) is 5.32 Å². The Hall–Kier alpha value is -1.65. The summed E-state index contributed by atoms with van der Waals surface area (Å²) in [4.78, 5) is 12.1. The van der Waals surface area contributed by atoms with Crippen molar-refractivity contribution in [1.29, 1.82) is 0 Å². The Labute approximate surface area is 120 Å². The summed E-state index contributed by atoms with van der Waals surface area (Å²) in [6.07, 6.45) is 3.09. The molecule has 0 aliphatic heterocycles. The summed E-state index contributed by atoms with van der Waals surface area (Å²) in [6.45, 7) is 0.335. The topological polar surface area (TPSA) is 51.5 Å². The lowest BCUT2D eigenvalue weighted by Gasteiger charge is -2.11. The van der Waals surface area contributed by atoms with Crippen LogP contribution in [0.4, 0.5) is 0 Å². The molecule has 0 bridgehead atoms. The van der Waals surface area contributed by atoms with Gasteiger partial charge in [-0.2, -0.15) is 0 Å². The first-order chi connectivity index (χ1) is 9.13. The second-order valence-electron chi connectivity index (χ2n) is 3.75. The van der Waals surface area contributed by atoms with E-state index in [4.69, 9.17) is 32.4 Å². The monoisotopic (exact) mass is 299 g/mol. The summed E-state index contributed by atoms with van der Waals surface area (Å²) < 4.78 is 10.0. The number of carbonyl (C=O) groups is 1. The van der Waals surface area contributed by atoms with Crippen LogP contribution >= 0.6 is 23.2 Å². The molecule has 0 saturated heterocycles. The van der Waals surface area contributed by atoms with Gasteiger partial charge in [0.2, 0.25) is 0 Å². The van der Waals surface area contributed by atoms with Crippen LogP contribution in [0.2, 0.25) is 10.0 Å². The molecule has 0 radical (unpaired) electrons. The van der Waals surface area contributed by atoms with Crippen LogP contribution in [-0.2, 0) is 6.54 Å². The van der Waals surface area contributed by atoms with E-state index in [1.807, 2.05) is 0 Å². The molecule has 0 aliphatic rings. The largest absolute Gasteiger partial charge is 0.494 e. The lowest BCUT2D eigenvalue weighted by molar-refractivity contribution is 0.0948. The van der Waals surface area contributed by atoms with E-state index in [0.717, 1.165) is 5.56 Å². The molecule has 0 atom stereocenters. The Kier molecular flexibility index (Phi) is 4.35. The van der Waals surface area contributed by atoms with Gasteiger partial charge in [0.25, 0.3) is 5.91 Å². The maximum atomic E-state index is 12.1. The molecular weight excluding hydrogens is 289 g/mol. The van der Waals surface area contributed by atoms with Crippen LogP contribution in [-0.4, -0.2) is 13.0 Å². The number of furan rings is 1. The molecule has 19 heavy (non-hydrogen) atoms. The minimum atomic E-state index is -0.356. The second kappa shape index (κ2) is 5.99. The fourth-order valence-electron chi connectivity index (χ4n) is 1.61. The van der Waals surface area contributed by atoms with Gasteiger partial charge in [-0.15, -0.1) is 0 Å². The Bertz CT molecular complexity index is 582. The molecule has 0 saturated carbocycles. The maximum Gasteiger partial charge on any atom is 0.256 e. The van der Waals surface area contributed by atoms with Crippen molar-refractivity contribution in [2.45, 2.75) is 6.54 Å². The predicted octanol–water partition coefficient (Wildman–Crippen LogP) is 3.53. The molecule has 6 heteroatoms. The fraction of sp³-hybridized carbons (Fsp3) is 0.154. The fourth-order valence-corrected chi connectivity index (χ4v) is 2.08.